The van der Waals surface area contributed by atoms with Crippen molar-refractivity contribution in [2.45, 2.75) is 19.4 Å². The summed E-state index contributed by atoms with van der Waals surface area (Å²) in [4.78, 5) is 4.23. The zero-order valence-electron chi connectivity index (χ0n) is 11.0. The molecule has 2 aromatic rings. The van der Waals surface area contributed by atoms with Crippen LogP contribution in [0, 0.1) is 11.6 Å². The van der Waals surface area contributed by atoms with E-state index in [1.165, 1.54) is 18.3 Å². The van der Waals surface area contributed by atoms with Crippen molar-refractivity contribution >= 4 is 11.6 Å². The minimum Gasteiger partial charge on any atom is -0.305 e. The molecule has 0 amide bonds. The predicted molar refractivity (Wildman–Crippen MR) is 75.7 cm³/mol. The van der Waals surface area contributed by atoms with Gasteiger partial charge in [0.05, 0.1) is 16.8 Å². The topological polar surface area (TPSA) is 24.9 Å². The van der Waals surface area contributed by atoms with Gasteiger partial charge in [-0.1, -0.05) is 18.5 Å². The molecular weight excluding hydrogens is 282 g/mol. The second-order valence-electron chi connectivity index (χ2n) is 4.49. The first-order valence-corrected chi connectivity index (χ1v) is 6.78. The normalized spacial score (nSPS) is 12.4. The van der Waals surface area contributed by atoms with Crippen LogP contribution in [0.5, 0.6) is 0 Å². The number of halogens is 3. The van der Waals surface area contributed by atoms with Gasteiger partial charge in [-0.15, -0.1) is 0 Å². The van der Waals surface area contributed by atoms with Crippen LogP contribution in [0.3, 0.4) is 0 Å². The number of rotatable bonds is 5. The van der Waals surface area contributed by atoms with Gasteiger partial charge in [0, 0.05) is 12.3 Å². The third kappa shape index (κ3) is 3.74. The molecule has 0 saturated heterocycles. The standard InChI is InChI=1S/C15H15ClF2N2/c1-2-5-19-15(14-4-3-11(16)9-20-14)10-6-12(17)8-13(18)7-10/h3-4,6-9,15,19H,2,5H2,1H3. The molecule has 0 fully saturated rings. The lowest BCUT2D eigenvalue weighted by atomic mass is 10.0. The molecule has 0 bridgehead atoms. The zero-order chi connectivity index (χ0) is 14.5. The zero-order valence-corrected chi connectivity index (χ0v) is 11.8. The van der Waals surface area contributed by atoms with Crippen molar-refractivity contribution in [3.05, 3.63) is 64.4 Å². The summed E-state index contributed by atoms with van der Waals surface area (Å²) >= 11 is 5.81. The molecular formula is C15H15ClF2N2. The van der Waals surface area contributed by atoms with Crippen molar-refractivity contribution in [1.29, 1.82) is 0 Å². The van der Waals surface area contributed by atoms with Crippen molar-refractivity contribution in [3.63, 3.8) is 0 Å². The van der Waals surface area contributed by atoms with Crippen LogP contribution in [-0.4, -0.2) is 11.5 Å². The first-order chi connectivity index (χ1) is 9.60. The molecule has 0 saturated carbocycles. The van der Waals surface area contributed by atoms with Crippen molar-refractivity contribution in [1.82, 2.24) is 10.3 Å². The Morgan fingerprint density at radius 1 is 1.20 bits per heavy atom. The highest BCUT2D eigenvalue weighted by Gasteiger charge is 2.16. The van der Waals surface area contributed by atoms with E-state index < -0.39 is 11.6 Å². The lowest BCUT2D eigenvalue weighted by molar-refractivity contribution is 0.553. The molecule has 0 aliphatic carbocycles. The maximum Gasteiger partial charge on any atom is 0.126 e. The first-order valence-electron chi connectivity index (χ1n) is 6.41. The second kappa shape index (κ2) is 6.77. The highest BCUT2D eigenvalue weighted by atomic mass is 35.5. The molecule has 2 nitrogen and oxygen atoms in total. The van der Waals surface area contributed by atoms with Gasteiger partial charge >= 0.3 is 0 Å². The van der Waals surface area contributed by atoms with Crippen LogP contribution in [0.25, 0.3) is 0 Å². The van der Waals surface area contributed by atoms with Crippen molar-refractivity contribution in [3.8, 4) is 0 Å². The third-order valence-corrected chi connectivity index (χ3v) is 3.09. The van der Waals surface area contributed by atoms with E-state index in [2.05, 4.69) is 10.3 Å². The number of pyridine rings is 1. The van der Waals surface area contributed by atoms with Crippen LogP contribution in [0.4, 0.5) is 8.78 Å². The fourth-order valence-corrected chi connectivity index (χ4v) is 2.09. The van der Waals surface area contributed by atoms with E-state index in [9.17, 15) is 8.78 Å². The van der Waals surface area contributed by atoms with Crippen LogP contribution in [0.2, 0.25) is 5.02 Å². The molecule has 1 atom stereocenters. The number of benzene rings is 1. The Hall–Kier alpha value is -1.52. The summed E-state index contributed by atoms with van der Waals surface area (Å²) in [6.07, 6.45) is 2.43. The van der Waals surface area contributed by atoms with Crippen LogP contribution < -0.4 is 5.32 Å². The number of nitrogens with one attached hydrogen (secondary N) is 1. The average molecular weight is 297 g/mol. The summed E-state index contributed by atoms with van der Waals surface area (Å²) < 4.78 is 26.8. The van der Waals surface area contributed by atoms with Gasteiger partial charge in [-0.05, 0) is 42.8 Å². The number of aromatic nitrogens is 1. The Bertz CT molecular complexity index is 552. The van der Waals surface area contributed by atoms with Gasteiger partial charge in [-0.2, -0.15) is 0 Å². The van der Waals surface area contributed by atoms with Crippen molar-refractivity contribution in [2.75, 3.05) is 6.54 Å². The van der Waals surface area contributed by atoms with Gasteiger partial charge in [-0.3, -0.25) is 4.98 Å². The fourth-order valence-electron chi connectivity index (χ4n) is 1.98. The average Bonchev–Trinajstić information content (AvgIpc) is 2.40. The third-order valence-electron chi connectivity index (χ3n) is 2.86. The SMILES string of the molecule is CCCNC(c1cc(F)cc(F)c1)c1ccc(Cl)cn1. The van der Waals surface area contributed by atoms with E-state index in [4.69, 9.17) is 11.6 Å². The van der Waals surface area contributed by atoms with Crippen LogP contribution in [0.1, 0.15) is 30.6 Å². The molecule has 1 aromatic carbocycles. The fraction of sp³-hybridized carbons (Fsp3) is 0.267. The molecule has 20 heavy (non-hydrogen) atoms. The Morgan fingerprint density at radius 3 is 2.45 bits per heavy atom. The van der Waals surface area contributed by atoms with Gasteiger partial charge in [0.1, 0.15) is 11.6 Å². The molecule has 1 aromatic heterocycles. The van der Waals surface area contributed by atoms with Gasteiger partial charge in [0.15, 0.2) is 0 Å². The van der Waals surface area contributed by atoms with E-state index >= 15 is 0 Å². The maximum atomic E-state index is 13.4. The lowest BCUT2D eigenvalue weighted by Crippen LogP contribution is -2.24. The van der Waals surface area contributed by atoms with Gasteiger partial charge in [0.25, 0.3) is 0 Å². The summed E-state index contributed by atoms with van der Waals surface area (Å²) in [6.45, 7) is 2.73. The number of nitrogens with zero attached hydrogens (tertiary/aromatic N) is 1. The van der Waals surface area contributed by atoms with Gasteiger partial charge < -0.3 is 5.32 Å². The summed E-state index contributed by atoms with van der Waals surface area (Å²) in [5.74, 6) is -1.20. The summed E-state index contributed by atoms with van der Waals surface area (Å²) in [5, 5.41) is 3.76. The largest absolute Gasteiger partial charge is 0.305 e. The molecule has 1 N–H and O–H groups in total. The highest BCUT2D eigenvalue weighted by Crippen LogP contribution is 2.23. The molecule has 1 heterocycles. The molecule has 1 unspecified atom stereocenters. The van der Waals surface area contributed by atoms with Crippen molar-refractivity contribution < 1.29 is 8.78 Å². The second-order valence-corrected chi connectivity index (χ2v) is 4.93. The molecule has 0 aliphatic heterocycles. The van der Waals surface area contributed by atoms with Crippen molar-refractivity contribution in [2.24, 2.45) is 0 Å². The molecule has 106 valence electrons. The van der Waals surface area contributed by atoms with Crippen LogP contribution in [-0.2, 0) is 0 Å². The van der Waals surface area contributed by atoms with E-state index in [0.29, 0.717) is 22.8 Å². The minimum atomic E-state index is -0.600. The number of hydrogen-bond donors (Lipinski definition) is 1. The predicted octanol–water partition coefficient (Wildman–Crippen LogP) is 4.10. The Labute approximate surface area is 121 Å². The first kappa shape index (κ1) is 14.9. The molecule has 0 aliphatic rings. The van der Waals surface area contributed by atoms with E-state index in [0.717, 1.165) is 12.5 Å². The molecule has 2 rings (SSSR count). The number of hydrogen-bond acceptors (Lipinski definition) is 2. The maximum absolute atomic E-state index is 13.4. The van der Waals surface area contributed by atoms with E-state index in [1.807, 2.05) is 6.92 Å². The van der Waals surface area contributed by atoms with Gasteiger partial charge in [0.2, 0.25) is 0 Å². The molecule has 0 spiro atoms. The Morgan fingerprint density at radius 2 is 1.90 bits per heavy atom. The Balaban J connectivity index is 2.38. The summed E-state index contributed by atoms with van der Waals surface area (Å²) in [5.41, 5.74) is 1.18. The smallest absolute Gasteiger partial charge is 0.126 e. The van der Waals surface area contributed by atoms with Crippen LogP contribution >= 0.6 is 11.6 Å². The lowest BCUT2D eigenvalue weighted by Gasteiger charge is -2.19. The molecule has 0 radical (unpaired) electrons. The van der Waals surface area contributed by atoms with E-state index in [1.54, 1.807) is 12.1 Å². The quantitative estimate of drug-likeness (QED) is 0.898. The monoisotopic (exact) mass is 296 g/mol. The van der Waals surface area contributed by atoms with Gasteiger partial charge in [-0.25, -0.2) is 8.78 Å². The minimum absolute atomic E-state index is 0.364. The Kier molecular flexibility index (Phi) is 5.04. The van der Waals surface area contributed by atoms with Crippen LogP contribution in [0.15, 0.2) is 36.5 Å². The van der Waals surface area contributed by atoms with E-state index in [-0.39, 0.29) is 6.04 Å². The summed E-state index contributed by atoms with van der Waals surface area (Å²) in [6, 6.07) is 6.57. The summed E-state index contributed by atoms with van der Waals surface area (Å²) in [7, 11) is 0. The molecule has 5 heteroatoms. The highest BCUT2D eigenvalue weighted by molar-refractivity contribution is 6.30.